The van der Waals surface area contributed by atoms with Crippen molar-refractivity contribution < 1.29 is 38.0 Å². The van der Waals surface area contributed by atoms with Gasteiger partial charge in [0.1, 0.15) is 23.2 Å². The average Bonchev–Trinajstić information content (AvgIpc) is 2.65. The molecule has 12 heteroatoms. The van der Waals surface area contributed by atoms with Gasteiger partial charge in [-0.3, -0.25) is 0 Å². The Morgan fingerprint density at radius 3 is 2.45 bits per heavy atom. The van der Waals surface area contributed by atoms with E-state index in [1.165, 1.54) is 12.1 Å². The van der Waals surface area contributed by atoms with E-state index in [0.717, 1.165) is 6.42 Å². The topological polar surface area (TPSA) is 162 Å². The third-order valence-electron chi connectivity index (χ3n) is 3.93. The number of aromatic hydroxyl groups is 2. The Balaban J connectivity index is 0.000000523. The number of phenolic OH excluding ortho intramolecular Hbond substituents is 2. The number of aromatic nitrogens is 1. The van der Waals surface area contributed by atoms with Gasteiger partial charge in [-0.2, -0.15) is 23.4 Å². The number of halogens is 3. The van der Waals surface area contributed by atoms with Gasteiger partial charge in [-0.1, -0.05) is 14.4 Å². The first kappa shape index (κ1) is 25.2. The Kier molecular flexibility index (Phi) is 7.91. The number of hydrogen-bond donors (Lipinski definition) is 5. The molecule has 1 aromatic carbocycles. The van der Waals surface area contributed by atoms with Crippen LogP contribution in [0.15, 0.2) is 12.1 Å². The standard InChI is InChI=1S/C16H16N4O3.C2HF3O2.CH4/c1-2-3-19-14-9-4-8-5-11(21)12(22)6-13(8)23-16(9)20-15(18)10(14)7-17;3-2(4,5)1(6)7;/h5-6,21-22H,2-4H2,1H3,(H3,18,19,20);(H,6,7);1H4. The summed E-state index contributed by atoms with van der Waals surface area (Å²) >= 11 is 0. The third-order valence-corrected chi connectivity index (χ3v) is 3.93. The highest BCUT2D eigenvalue weighted by Gasteiger charge is 2.38. The Morgan fingerprint density at radius 1 is 1.35 bits per heavy atom. The summed E-state index contributed by atoms with van der Waals surface area (Å²) in [5.74, 6) is -2.44. The number of carboxylic acids is 1. The van der Waals surface area contributed by atoms with Crippen LogP contribution >= 0.6 is 0 Å². The van der Waals surface area contributed by atoms with Crippen LogP contribution in [0, 0.1) is 11.3 Å². The molecule has 6 N–H and O–H groups in total. The predicted octanol–water partition coefficient (Wildman–Crippen LogP) is 3.73. The van der Waals surface area contributed by atoms with Crippen molar-refractivity contribution in [3.8, 4) is 29.2 Å². The molecule has 0 atom stereocenters. The minimum Gasteiger partial charge on any atom is -0.504 e. The van der Waals surface area contributed by atoms with Gasteiger partial charge >= 0.3 is 12.1 Å². The number of benzene rings is 1. The summed E-state index contributed by atoms with van der Waals surface area (Å²) in [6.07, 6.45) is -3.79. The van der Waals surface area contributed by atoms with E-state index in [1.54, 1.807) is 0 Å². The zero-order chi connectivity index (χ0) is 22.6. The molecule has 168 valence electrons. The smallest absolute Gasteiger partial charge is 0.490 e. The predicted molar refractivity (Wildman–Crippen MR) is 105 cm³/mol. The molecule has 1 aliphatic heterocycles. The molecule has 0 fully saturated rings. The van der Waals surface area contributed by atoms with Crippen molar-refractivity contribution in [1.29, 1.82) is 5.26 Å². The Labute approximate surface area is 175 Å². The number of nitriles is 1. The molecule has 0 amide bonds. The van der Waals surface area contributed by atoms with Crippen molar-refractivity contribution in [2.75, 3.05) is 17.6 Å². The first-order valence-electron chi connectivity index (χ1n) is 8.48. The van der Waals surface area contributed by atoms with Crippen LogP contribution in [0.2, 0.25) is 0 Å². The van der Waals surface area contributed by atoms with E-state index in [1.807, 2.05) is 6.92 Å². The number of rotatable bonds is 3. The number of fused-ring (bicyclic) bond motifs is 2. The summed E-state index contributed by atoms with van der Waals surface area (Å²) in [6.45, 7) is 2.70. The van der Waals surface area contributed by atoms with Gasteiger partial charge < -0.3 is 31.1 Å². The summed E-state index contributed by atoms with van der Waals surface area (Å²) < 4.78 is 37.4. The summed E-state index contributed by atoms with van der Waals surface area (Å²) in [4.78, 5) is 13.0. The van der Waals surface area contributed by atoms with E-state index < -0.39 is 12.1 Å². The molecule has 31 heavy (non-hydrogen) atoms. The number of hydrogen-bond acceptors (Lipinski definition) is 8. The summed E-state index contributed by atoms with van der Waals surface area (Å²) in [6, 6.07) is 4.85. The van der Waals surface area contributed by atoms with Gasteiger partial charge in [0.15, 0.2) is 11.5 Å². The number of carbonyl (C=O) groups is 1. The van der Waals surface area contributed by atoms with Gasteiger partial charge in [-0.15, -0.1) is 0 Å². The van der Waals surface area contributed by atoms with E-state index in [4.69, 9.17) is 20.4 Å². The van der Waals surface area contributed by atoms with Crippen LogP contribution in [0.4, 0.5) is 24.7 Å². The van der Waals surface area contributed by atoms with Crippen LogP contribution in [-0.2, 0) is 11.2 Å². The molecule has 2 aromatic rings. The molecule has 1 aromatic heterocycles. The number of nitrogens with one attached hydrogen (secondary N) is 1. The van der Waals surface area contributed by atoms with Crippen LogP contribution < -0.4 is 15.8 Å². The highest BCUT2D eigenvalue weighted by Crippen LogP contribution is 2.44. The molecule has 1 aliphatic rings. The van der Waals surface area contributed by atoms with Crippen LogP contribution in [0.3, 0.4) is 0 Å². The van der Waals surface area contributed by atoms with Crippen molar-refractivity contribution in [2.45, 2.75) is 33.4 Å². The Bertz CT molecular complexity index is 1020. The maximum Gasteiger partial charge on any atom is 0.490 e. The second kappa shape index (κ2) is 9.75. The quantitative estimate of drug-likeness (QED) is 0.380. The van der Waals surface area contributed by atoms with E-state index in [0.29, 0.717) is 41.4 Å². The number of anilines is 2. The van der Waals surface area contributed by atoms with E-state index in [2.05, 4.69) is 16.4 Å². The first-order valence-corrected chi connectivity index (χ1v) is 8.48. The van der Waals surface area contributed by atoms with Crippen LogP contribution in [0.1, 0.15) is 37.5 Å². The van der Waals surface area contributed by atoms with Gasteiger partial charge in [-0.25, -0.2) is 4.79 Å². The van der Waals surface area contributed by atoms with Gasteiger partial charge in [0.2, 0.25) is 5.88 Å². The second-order valence-corrected chi connectivity index (χ2v) is 6.10. The number of nitrogen functional groups attached to an aromatic ring is 1. The van der Waals surface area contributed by atoms with Gasteiger partial charge in [0.25, 0.3) is 0 Å². The molecule has 0 unspecified atom stereocenters. The fourth-order valence-corrected chi connectivity index (χ4v) is 2.55. The fourth-order valence-electron chi connectivity index (χ4n) is 2.55. The lowest BCUT2D eigenvalue weighted by atomic mass is 9.98. The summed E-state index contributed by atoms with van der Waals surface area (Å²) in [5, 5.41) is 39.0. The lowest BCUT2D eigenvalue weighted by molar-refractivity contribution is -0.192. The van der Waals surface area contributed by atoms with Gasteiger partial charge in [-0.05, 0) is 12.5 Å². The highest BCUT2D eigenvalue weighted by molar-refractivity contribution is 5.75. The summed E-state index contributed by atoms with van der Waals surface area (Å²) in [7, 11) is 0. The SMILES string of the molecule is C.CCCNc1c(C#N)c(N)nc2c1Cc1cc(O)c(O)cc1O2.O=C(O)C(F)(F)F. The maximum absolute atomic E-state index is 10.6. The Morgan fingerprint density at radius 2 is 1.94 bits per heavy atom. The van der Waals surface area contributed by atoms with Gasteiger partial charge in [0.05, 0.1) is 5.69 Å². The summed E-state index contributed by atoms with van der Waals surface area (Å²) in [5.41, 5.74) is 8.16. The molecular weight excluding hydrogens is 421 g/mol. The molecular formula is C19H21F3N4O5. The zero-order valence-electron chi connectivity index (χ0n) is 15.5. The van der Waals surface area contributed by atoms with Crippen LogP contribution in [0.5, 0.6) is 23.1 Å². The van der Waals surface area contributed by atoms with E-state index >= 15 is 0 Å². The number of alkyl halides is 3. The molecule has 0 aliphatic carbocycles. The Hall–Kier alpha value is -3.88. The van der Waals surface area contributed by atoms with Crippen molar-refractivity contribution in [1.82, 2.24) is 4.98 Å². The molecule has 3 rings (SSSR count). The van der Waals surface area contributed by atoms with E-state index in [9.17, 15) is 28.6 Å². The number of phenols is 2. The number of nitrogens with two attached hydrogens (primary N) is 1. The number of pyridine rings is 1. The van der Waals surface area contributed by atoms with Gasteiger partial charge in [0, 0.05) is 30.2 Å². The third kappa shape index (κ3) is 5.59. The molecule has 2 heterocycles. The van der Waals surface area contributed by atoms with Crippen molar-refractivity contribution >= 4 is 17.5 Å². The number of aliphatic carboxylic acids is 1. The molecule has 0 radical (unpaired) electrons. The van der Waals surface area contributed by atoms with Crippen molar-refractivity contribution in [3.63, 3.8) is 0 Å². The monoisotopic (exact) mass is 442 g/mol. The van der Waals surface area contributed by atoms with Crippen molar-refractivity contribution in [2.24, 2.45) is 0 Å². The van der Waals surface area contributed by atoms with Crippen LogP contribution in [-0.4, -0.2) is 39.0 Å². The molecule has 0 bridgehead atoms. The lowest BCUT2D eigenvalue weighted by Gasteiger charge is -2.24. The number of nitrogens with zero attached hydrogens (tertiary/aromatic N) is 2. The lowest BCUT2D eigenvalue weighted by Crippen LogP contribution is -2.21. The maximum atomic E-state index is 10.6. The minimum atomic E-state index is -5.08. The van der Waals surface area contributed by atoms with E-state index in [-0.39, 0.29) is 30.3 Å². The average molecular weight is 442 g/mol. The van der Waals surface area contributed by atoms with Crippen molar-refractivity contribution in [3.05, 3.63) is 28.8 Å². The number of carboxylic acid groups (broad SMARTS) is 1. The minimum absolute atomic E-state index is 0. The molecule has 0 saturated heterocycles. The molecule has 0 spiro atoms. The fraction of sp³-hybridized carbons (Fsp3) is 0.316. The molecule has 0 saturated carbocycles. The largest absolute Gasteiger partial charge is 0.504 e. The second-order valence-electron chi connectivity index (χ2n) is 6.10. The number of ether oxygens (including phenoxy) is 1. The first-order chi connectivity index (χ1) is 14.0. The molecule has 9 nitrogen and oxygen atoms in total. The normalized spacial score (nSPS) is 11.3. The highest BCUT2D eigenvalue weighted by atomic mass is 19.4. The zero-order valence-corrected chi connectivity index (χ0v) is 15.5. The van der Waals surface area contributed by atoms with Crippen LogP contribution in [0.25, 0.3) is 0 Å².